The first-order valence-electron chi connectivity index (χ1n) is 36.3. The van der Waals surface area contributed by atoms with Gasteiger partial charge in [-0.05, 0) is 131 Å². The third kappa shape index (κ3) is 22.6. The van der Waals surface area contributed by atoms with Crippen LogP contribution < -0.4 is 21.3 Å². The number of allylic oxidation sites excluding steroid dienone is 2. The fourth-order valence-electron chi connectivity index (χ4n) is 13.1. The molecule has 2 aromatic rings. The van der Waals surface area contributed by atoms with Crippen LogP contribution >= 0.6 is 0 Å². The zero-order valence-corrected chi connectivity index (χ0v) is 66.2. The zero-order valence-electron chi connectivity index (χ0n) is 66.2. The van der Waals surface area contributed by atoms with Crippen molar-refractivity contribution in [2.45, 2.75) is 230 Å². The minimum atomic E-state index is -1.61. The van der Waals surface area contributed by atoms with E-state index >= 15 is 9.59 Å². The molecule has 1 heterocycles. The van der Waals surface area contributed by atoms with Gasteiger partial charge < -0.3 is 70.9 Å². The van der Waals surface area contributed by atoms with Gasteiger partial charge in [0.1, 0.15) is 71.9 Å². The normalized spacial score (nSPS) is 24.4. The molecule has 1 fully saturated rings. The Hall–Kier alpha value is -8.75. The van der Waals surface area contributed by atoms with Crippen molar-refractivity contribution < 1.29 is 77.6 Å². The molecule has 27 heteroatoms. The van der Waals surface area contributed by atoms with Crippen molar-refractivity contribution in [3.05, 3.63) is 70.3 Å². The van der Waals surface area contributed by atoms with Gasteiger partial charge in [0, 0.05) is 60.5 Å². The molecule has 2 aromatic carbocycles. The number of phenols is 2. The zero-order chi connectivity index (χ0) is 79.7. The van der Waals surface area contributed by atoms with Crippen LogP contribution in [0.15, 0.2) is 42.5 Å². The molecule has 0 aromatic heterocycles. The Morgan fingerprint density at radius 3 is 1.44 bits per heavy atom. The predicted molar refractivity (Wildman–Crippen MR) is 396 cm³/mol. The van der Waals surface area contributed by atoms with Crippen LogP contribution in [0.1, 0.15) is 194 Å². The van der Waals surface area contributed by atoms with E-state index in [4.69, 9.17) is 0 Å². The second kappa shape index (κ2) is 39.4. The highest BCUT2D eigenvalue weighted by molar-refractivity contribution is 6.30. The van der Waals surface area contributed by atoms with Gasteiger partial charge in [0.2, 0.25) is 70.8 Å². The summed E-state index contributed by atoms with van der Waals surface area (Å²) in [7, 11) is 9.92. The lowest BCUT2D eigenvalue weighted by Gasteiger charge is -2.41. The number of likely N-dealkylation sites (N-methyl/N-ethyl adjacent to an activating group) is 7. The van der Waals surface area contributed by atoms with Crippen LogP contribution in [-0.4, -0.2) is 249 Å². The third-order valence-corrected chi connectivity index (χ3v) is 19.3. The molecule has 12 unspecified atom stereocenters. The van der Waals surface area contributed by atoms with Crippen molar-refractivity contribution in [3.63, 3.8) is 0 Å². The molecular formula is C77H121N11O16. The molecule has 0 saturated carbocycles. The summed E-state index contributed by atoms with van der Waals surface area (Å²) in [6.07, 6.45) is 3.04. The number of hydrogen-bond donors (Lipinski definition) is 7. The lowest BCUT2D eigenvalue weighted by molar-refractivity contribution is -0.157. The van der Waals surface area contributed by atoms with Crippen LogP contribution in [-0.2, 0) is 52.7 Å². The van der Waals surface area contributed by atoms with Gasteiger partial charge in [-0.3, -0.25) is 62.3 Å². The summed E-state index contributed by atoms with van der Waals surface area (Å²) in [6.45, 7) is 31.1. The Morgan fingerprint density at radius 2 is 0.942 bits per heavy atom. The van der Waals surface area contributed by atoms with Crippen LogP contribution in [0.3, 0.4) is 0 Å². The van der Waals surface area contributed by atoms with Gasteiger partial charge in [0.15, 0.2) is 5.78 Å². The van der Waals surface area contributed by atoms with Crippen LogP contribution in [0, 0.1) is 48.3 Å². The molecule has 0 spiro atoms. The van der Waals surface area contributed by atoms with E-state index in [1.807, 2.05) is 61.5 Å². The summed E-state index contributed by atoms with van der Waals surface area (Å²) in [4.78, 5) is 193. The van der Waals surface area contributed by atoms with E-state index in [9.17, 15) is 68.1 Å². The van der Waals surface area contributed by atoms with Crippen LogP contribution in [0.5, 0.6) is 11.5 Å². The first kappa shape index (κ1) is 89.5. The second-order valence-corrected chi connectivity index (χ2v) is 30.7. The molecule has 12 atom stereocenters. The number of fused-ring (bicyclic) bond motifs is 2. The fraction of sp³-hybridized carbons (Fsp3) is 0.649. The number of aryl methyl sites for hydroxylation is 1. The Kier molecular flexibility index (Phi) is 33.9. The standard InChI is InChI=1S/C62H111N11O12.C15H10O4/c1-25-27-28-40(15)52(75)51-56(79)65-43(26-2)58(81)67(18)33-48(74)68(19)44(29-34(3)4)55(78)66-49(38(11)12)61(84)69(20)45(30-35(5)6)54(77)63-41(16)53(76)64-42(17)57(80)70(21)46(31-36(7)8)59(82)71(22)47(32-37(9)10)60(83)72(23)50(39(13)14)62(85)73(51)24;1-7-5-9-13(11(17)6-7)15(19)12-8(14(9)18)3-2-4-10(12)16/h25,27,34-47,49-52,75H,26,28-33H2,1-24H3,(H,63,77)(H,64,76)(H,65,79)(H,66,78);2-6,16-17H,1H3. The van der Waals surface area contributed by atoms with Crippen LogP contribution in [0.25, 0.3) is 0 Å². The maximum absolute atomic E-state index is 15.1. The topological polar surface area (TPSA) is 353 Å². The van der Waals surface area contributed by atoms with Crippen molar-refractivity contribution in [3.8, 4) is 11.5 Å². The van der Waals surface area contributed by atoms with Gasteiger partial charge in [-0.25, -0.2) is 0 Å². The minimum absolute atomic E-state index is 0.0229. The van der Waals surface area contributed by atoms with Crippen LogP contribution in [0.4, 0.5) is 0 Å². The van der Waals surface area contributed by atoms with Crippen LogP contribution in [0.2, 0.25) is 0 Å². The third-order valence-electron chi connectivity index (χ3n) is 19.3. The number of rotatable bonds is 15. The number of ketones is 2. The quantitative estimate of drug-likeness (QED) is 0.0930. The number of aromatic hydroxyl groups is 2. The highest BCUT2D eigenvalue weighted by atomic mass is 16.3. The molecule has 0 radical (unpaired) electrons. The minimum Gasteiger partial charge on any atom is -0.507 e. The number of benzene rings is 2. The lowest BCUT2D eigenvalue weighted by atomic mass is 9.82. The molecule has 580 valence electrons. The van der Waals surface area contributed by atoms with Crippen molar-refractivity contribution in [2.24, 2.45) is 41.4 Å². The molecular weight excluding hydrogens is 1330 g/mol. The summed E-state index contributed by atoms with van der Waals surface area (Å²) in [5.41, 5.74) is 0.966. The smallest absolute Gasteiger partial charge is 0.246 e. The van der Waals surface area contributed by atoms with E-state index in [-0.39, 0.29) is 95.3 Å². The number of phenolic OH excluding ortho intramolecular Hbond substituents is 2. The number of carbonyl (C=O) groups excluding carboxylic acids is 13. The average molecular weight is 1460 g/mol. The first-order valence-corrected chi connectivity index (χ1v) is 36.3. The monoisotopic (exact) mass is 1460 g/mol. The number of hydrogen-bond acceptors (Lipinski definition) is 16. The predicted octanol–water partition coefficient (Wildman–Crippen LogP) is 5.45. The van der Waals surface area contributed by atoms with Crippen molar-refractivity contribution in [1.29, 1.82) is 0 Å². The Balaban J connectivity index is 0.00000125. The number of amides is 11. The lowest BCUT2D eigenvalue weighted by Crippen LogP contribution is -2.63. The molecule has 1 aliphatic heterocycles. The van der Waals surface area contributed by atoms with Gasteiger partial charge in [0.05, 0.1) is 23.8 Å². The van der Waals surface area contributed by atoms with E-state index in [1.165, 1.54) is 112 Å². The Morgan fingerprint density at radius 1 is 0.481 bits per heavy atom. The first-order chi connectivity index (χ1) is 48.2. The van der Waals surface area contributed by atoms with E-state index in [0.29, 0.717) is 12.0 Å². The molecule has 1 aliphatic carbocycles. The number of nitrogens with one attached hydrogen (secondary N) is 4. The molecule has 1 saturated heterocycles. The number of nitrogens with zero attached hydrogens (tertiary/aromatic N) is 7. The van der Waals surface area contributed by atoms with Gasteiger partial charge >= 0.3 is 0 Å². The molecule has 2 aliphatic rings. The number of aliphatic hydroxyl groups excluding tert-OH is 1. The van der Waals surface area contributed by atoms with E-state index in [2.05, 4.69) is 21.3 Å². The molecule has 27 nitrogen and oxygen atoms in total. The summed E-state index contributed by atoms with van der Waals surface area (Å²) < 4.78 is 0. The SMILES string of the molecule is CC=CCC(C)C(O)C1C(=O)NC(CC)C(=O)N(C)CC(=O)N(C)C(CC(C)C)C(=O)NC(C(C)C)C(=O)N(C)C(CC(C)C)C(=O)NC(C)C(=O)NC(C)C(=O)N(C)C(CC(C)C)C(=O)N(C)C(CC(C)C)C(=O)N(C)C(C(C)C)C(=O)N1C.Cc1cc(O)c2c(c1)C(=O)c1cccc(O)c1C2=O. The molecule has 4 rings (SSSR count). The van der Waals surface area contributed by atoms with Gasteiger partial charge in [-0.15, -0.1) is 0 Å². The highest BCUT2D eigenvalue weighted by Gasteiger charge is 2.46. The molecule has 11 amide bonds. The summed E-state index contributed by atoms with van der Waals surface area (Å²) in [6, 6.07) is -4.97. The largest absolute Gasteiger partial charge is 0.507 e. The Labute approximate surface area is 616 Å². The maximum Gasteiger partial charge on any atom is 0.246 e. The van der Waals surface area contributed by atoms with E-state index in [1.54, 1.807) is 67.5 Å². The number of aliphatic hydroxyl groups is 1. The number of carbonyl (C=O) groups is 13. The second-order valence-electron chi connectivity index (χ2n) is 30.7. The molecule has 7 N–H and O–H groups in total. The van der Waals surface area contributed by atoms with Crippen molar-refractivity contribution >= 4 is 76.5 Å². The fourth-order valence-corrected chi connectivity index (χ4v) is 13.1. The van der Waals surface area contributed by atoms with Gasteiger partial charge in [-0.2, -0.15) is 0 Å². The summed E-state index contributed by atoms with van der Waals surface area (Å²) in [5.74, 6) is -11.1. The average Bonchev–Trinajstić information content (AvgIpc) is 0.745. The maximum atomic E-state index is 15.1. The Bertz CT molecular complexity index is 3460. The highest BCUT2D eigenvalue weighted by Crippen LogP contribution is 2.37. The molecule has 0 bridgehead atoms. The summed E-state index contributed by atoms with van der Waals surface area (Å²) >= 11 is 0. The van der Waals surface area contributed by atoms with Gasteiger partial charge in [-0.1, -0.05) is 121 Å². The van der Waals surface area contributed by atoms with E-state index < -0.39 is 162 Å². The van der Waals surface area contributed by atoms with Gasteiger partial charge in [0.25, 0.3) is 0 Å². The molecule has 104 heavy (non-hydrogen) atoms. The van der Waals surface area contributed by atoms with Crippen molar-refractivity contribution in [2.75, 3.05) is 55.9 Å². The van der Waals surface area contributed by atoms with Crippen molar-refractivity contribution in [1.82, 2.24) is 55.6 Å². The van der Waals surface area contributed by atoms with E-state index in [0.717, 1.165) is 9.80 Å². The summed E-state index contributed by atoms with van der Waals surface area (Å²) in [5, 5.41) is 42.7.